The highest BCUT2D eigenvalue weighted by Gasteiger charge is 2.18. The van der Waals surface area contributed by atoms with Gasteiger partial charge in [-0.25, -0.2) is 0 Å². The van der Waals surface area contributed by atoms with Crippen molar-refractivity contribution in [2.75, 3.05) is 13.7 Å². The molecule has 3 aromatic rings. The molecular formula is C19H18N4O5. The van der Waals surface area contributed by atoms with Crippen molar-refractivity contribution in [1.82, 2.24) is 20.4 Å². The summed E-state index contributed by atoms with van der Waals surface area (Å²) in [6.07, 6.45) is 0.672. The normalized spacial score (nSPS) is 13.0. The molecule has 0 radical (unpaired) electrons. The molecule has 1 aliphatic rings. The number of hydrogen-bond donors (Lipinski definition) is 2. The van der Waals surface area contributed by atoms with Gasteiger partial charge in [0.1, 0.15) is 5.75 Å². The van der Waals surface area contributed by atoms with Crippen molar-refractivity contribution >= 4 is 5.91 Å². The number of aromatic amines is 1. The van der Waals surface area contributed by atoms with E-state index >= 15 is 0 Å². The van der Waals surface area contributed by atoms with Crippen molar-refractivity contribution < 1.29 is 18.8 Å². The van der Waals surface area contributed by atoms with Crippen LogP contribution in [0.1, 0.15) is 27.5 Å². The van der Waals surface area contributed by atoms with Crippen LogP contribution < -0.4 is 15.6 Å². The quantitative estimate of drug-likeness (QED) is 0.685. The molecule has 0 bridgehead atoms. The number of ether oxygens (including phenoxy) is 2. The number of H-pyrrole nitrogens is 1. The molecule has 1 aromatic carbocycles. The standard InChI is InChI=1S/C19H18N4O5/c1-20-18(24)11-3-2-4-13(7-11)27-10-16-22-17(23-28-16)14-8-12-9-26-6-5-15(12)21-19(14)25/h2-4,7-8H,5-6,9-10H2,1H3,(H,20,24)(H,21,25). The number of carbonyl (C=O) groups is 1. The molecule has 0 saturated heterocycles. The Morgan fingerprint density at radius 2 is 2.25 bits per heavy atom. The summed E-state index contributed by atoms with van der Waals surface area (Å²) in [7, 11) is 1.56. The van der Waals surface area contributed by atoms with E-state index in [9.17, 15) is 9.59 Å². The summed E-state index contributed by atoms with van der Waals surface area (Å²) < 4.78 is 16.2. The highest BCUT2D eigenvalue weighted by molar-refractivity contribution is 5.94. The van der Waals surface area contributed by atoms with E-state index in [1.54, 1.807) is 37.4 Å². The fourth-order valence-corrected chi connectivity index (χ4v) is 2.93. The predicted octanol–water partition coefficient (Wildman–Crippen LogP) is 1.44. The van der Waals surface area contributed by atoms with Crippen molar-refractivity contribution in [1.29, 1.82) is 0 Å². The molecule has 4 rings (SSSR count). The number of benzene rings is 1. The first-order valence-corrected chi connectivity index (χ1v) is 8.75. The average molecular weight is 382 g/mol. The van der Waals surface area contributed by atoms with Crippen LogP contribution in [0.25, 0.3) is 11.4 Å². The van der Waals surface area contributed by atoms with Gasteiger partial charge in [-0.2, -0.15) is 4.98 Å². The van der Waals surface area contributed by atoms with Crippen LogP contribution >= 0.6 is 0 Å². The Morgan fingerprint density at radius 1 is 1.36 bits per heavy atom. The van der Waals surface area contributed by atoms with Crippen LogP contribution in [0.5, 0.6) is 5.75 Å². The van der Waals surface area contributed by atoms with Crippen LogP contribution in [0.4, 0.5) is 0 Å². The lowest BCUT2D eigenvalue weighted by Gasteiger charge is -2.15. The van der Waals surface area contributed by atoms with Crippen molar-refractivity contribution in [3.8, 4) is 17.1 Å². The van der Waals surface area contributed by atoms with Gasteiger partial charge in [0.15, 0.2) is 6.61 Å². The summed E-state index contributed by atoms with van der Waals surface area (Å²) in [6.45, 7) is 1.04. The number of nitrogens with one attached hydrogen (secondary N) is 2. The van der Waals surface area contributed by atoms with Crippen LogP contribution in [-0.4, -0.2) is 34.7 Å². The Morgan fingerprint density at radius 3 is 3.11 bits per heavy atom. The van der Waals surface area contributed by atoms with Crippen LogP contribution in [0.3, 0.4) is 0 Å². The van der Waals surface area contributed by atoms with E-state index in [4.69, 9.17) is 14.0 Å². The zero-order valence-corrected chi connectivity index (χ0v) is 15.2. The second-order valence-corrected chi connectivity index (χ2v) is 6.23. The summed E-state index contributed by atoms with van der Waals surface area (Å²) in [5, 5.41) is 6.43. The van der Waals surface area contributed by atoms with Gasteiger partial charge in [0.05, 0.1) is 18.8 Å². The summed E-state index contributed by atoms with van der Waals surface area (Å²) in [5.74, 6) is 0.687. The second-order valence-electron chi connectivity index (χ2n) is 6.23. The number of nitrogens with zero attached hydrogens (tertiary/aromatic N) is 2. The molecule has 1 aliphatic heterocycles. The first kappa shape index (κ1) is 17.9. The van der Waals surface area contributed by atoms with Gasteiger partial charge >= 0.3 is 0 Å². The van der Waals surface area contributed by atoms with E-state index in [0.29, 0.717) is 36.5 Å². The van der Waals surface area contributed by atoms with E-state index in [2.05, 4.69) is 20.4 Å². The minimum Gasteiger partial charge on any atom is -0.484 e. The Balaban J connectivity index is 1.50. The van der Waals surface area contributed by atoms with E-state index in [-0.39, 0.29) is 29.8 Å². The van der Waals surface area contributed by atoms with Gasteiger partial charge in [-0.15, -0.1) is 0 Å². The molecule has 0 atom stereocenters. The van der Waals surface area contributed by atoms with Crippen molar-refractivity contribution in [3.63, 3.8) is 0 Å². The van der Waals surface area contributed by atoms with E-state index < -0.39 is 0 Å². The molecule has 144 valence electrons. The number of carbonyl (C=O) groups excluding carboxylic acids is 1. The Kier molecular flexibility index (Phi) is 4.90. The fraction of sp³-hybridized carbons (Fsp3) is 0.263. The van der Waals surface area contributed by atoms with Gasteiger partial charge in [-0.05, 0) is 29.8 Å². The number of fused-ring (bicyclic) bond motifs is 1. The third-order valence-corrected chi connectivity index (χ3v) is 4.36. The maximum absolute atomic E-state index is 12.3. The SMILES string of the molecule is CNC(=O)c1cccc(OCc2nc(-c3cc4c([nH]c3=O)CCOC4)no2)c1. The summed E-state index contributed by atoms with van der Waals surface area (Å²) in [4.78, 5) is 31.1. The molecule has 2 aromatic heterocycles. The summed E-state index contributed by atoms with van der Waals surface area (Å²) in [6, 6.07) is 8.47. The van der Waals surface area contributed by atoms with Crippen LogP contribution in [0.15, 0.2) is 39.6 Å². The molecule has 0 spiro atoms. The molecule has 0 saturated carbocycles. The lowest BCUT2D eigenvalue weighted by Crippen LogP contribution is -2.19. The zero-order valence-electron chi connectivity index (χ0n) is 15.2. The lowest BCUT2D eigenvalue weighted by molar-refractivity contribution is 0.0962. The van der Waals surface area contributed by atoms with E-state index in [1.807, 2.05) is 0 Å². The lowest BCUT2D eigenvalue weighted by atomic mass is 10.1. The second kappa shape index (κ2) is 7.65. The number of amides is 1. The molecule has 2 N–H and O–H groups in total. The average Bonchev–Trinajstić information content (AvgIpc) is 3.20. The number of hydrogen-bond acceptors (Lipinski definition) is 7. The van der Waals surface area contributed by atoms with E-state index in [1.165, 1.54) is 0 Å². The van der Waals surface area contributed by atoms with E-state index in [0.717, 1.165) is 11.3 Å². The highest BCUT2D eigenvalue weighted by Crippen LogP contribution is 2.20. The first-order valence-electron chi connectivity index (χ1n) is 8.75. The number of pyridine rings is 1. The predicted molar refractivity (Wildman–Crippen MR) is 97.9 cm³/mol. The molecule has 3 heterocycles. The smallest absolute Gasteiger partial charge is 0.264 e. The Labute approximate surface area is 159 Å². The Bertz CT molecular complexity index is 1070. The third-order valence-electron chi connectivity index (χ3n) is 4.36. The summed E-state index contributed by atoms with van der Waals surface area (Å²) >= 11 is 0. The molecule has 28 heavy (non-hydrogen) atoms. The maximum atomic E-state index is 12.3. The minimum absolute atomic E-state index is 0.0101. The molecule has 1 amide bonds. The number of rotatable bonds is 5. The maximum Gasteiger partial charge on any atom is 0.264 e. The molecule has 9 nitrogen and oxygen atoms in total. The zero-order chi connectivity index (χ0) is 19.5. The summed E-state index contributed by atoms with van der Waals surface area (Å²) in [5.41, 5.74) is 2.32. The van der Waals surface area contributed by atoms with Crippen LogP contribution in [0, 0.1) is 0 Å². The van der Waals surface area contributed by atoms with Gasteiger partial charge < -0.3 is 24.3 Å². The molecular weight excluding hydrogens is 364 g/mol. The van der Waals surface area contributed by atoms with Crippen LogP contribution in [0.2, 0.25) is 0 Å². The van der Waals surface area contributed by atoms with Crippen molar-refractivity contribution in [3.05, 3.63) is 63.4 Å². The van der Waals surface area contributed by atoms with Gasteiger partial charge in [0.2, 0.25) is 5.82 Å². The largest absolute Gasteiger partial charge is 0.484 e. The number of aromatic nitrogens is 3. The molecule has 0 unspecified atom stereocenters. The Hall–Kier alpha value is -3.46. The van der Waals surface area contributed by atoms with Gasteiger partial charge in [-0.1, -0.05) is 11.2 Å². The highest BCUT2D eigenvalue weighted by atomic mass is 16.5. The van der Waals surface area contributed by atoms with Gasteiger partial charge in [0.25, 0.3) is 17.4 Å². The topological polar surface area (TPSA) is 119 Å². The first-order chi connectivity index (χ1) is 13.6. The van der Waals surface area contributed by atoms with Crippen molar-refractivity contribution in [2.24, 2.45) is 0 Å². The molecule has 0 aliphatic carbocycles. The van der Waals surface area contributed by atoms with Gasteiger partial charge in [0, 0.05) is 24.7 Å². The fourth-order valence-electron chi connectivity index (χ4n) is 2.93. The molecule has 9 heteroatoms. The monoisotopic (exact) mass is 382 g/mol. The third kappa shape index (κ3) is 3.65. The van der Waals surface area contributed by atoms with Gasteiger partial charge in [-0.3, -0.25) is 9.59 Å². The minimum atomic E-state index is -0.271. The molecule has 0 fully saturated rings. The van der Waals surface area contributed by atoms with Crippen molar-refractivity contribution in [2.45, 2.75) is 19.6 Å². The van der Waals surface area contributed by atoms with Crippen LogP contribution in [-0.2, 0) is 24.4 Å².